The van der Waals surface area contributed by atoms with E-state index in [0.717, 1.165) is 29.1 Å². The molecule has 0 radical (unpaired) electrons. The summed E-state index contributed by atoms with van der Waals surface area (Å²) >= 11 is 6.34. The van der Waals surface area contributed by atoms with Crippen molar-refractivity contribution in [1.29, 1.82) is 0 Å². The molecule has 4 rings (SSSR count). The highest BCUT2D eigenvalue weighted by atomic mass is 35.5. The molecule has 0 N–H and O–H groups in total. The van der Waals surface area contributed by atoms with Crippen molar-refractivity contribution >= 4 is 22.6 Å². The van der Waals surface area contributed by atoms with Gasteiger partial charge >= 0.3 is 0 Å². The van der Waals surface area contributed by atoms with Crippen molar-refractivity contribution in [1.82, 2.24) is 19.7 Å². The van der Waals surface area contributed by atoms with Gasteiger partial charge in [0, 0.05) is 5.92 Å². The Kier molecular flexibility index (Phi) is 3.49. The zero-order chi connectivity index (χ0) is 16.9. The van der Waals surface area contributed by atoms with Gasteiger partial charge in [0.25, 0.3) is 0 Å². The third-order valence-electron chi connectivity index (χ3n) is 4.71. The Bertz CT molecular complexity index is 901. The Morgan fingerprint density at radius 3 is 2.58 bits per heavy atom. The molecule has 1 saturated carbocycles. The Balaban J connectivity index is 1.63. The molecule has 0 amide bonds. The van der Waals surface area contributed by atoms with Crippen LogP contribution in [0.25, 0.3) is 11.0 Å². The molecule has 1 unspecified atom stereocenters. The van der Waals surface area contributed by atoms with Crippen molar-refractivity contribution < 1.29 is 4.74 Å². The molecule has 0 spiro atoms. The number of methoxy groups -OCH3 is 1. The summed E-state index contributed by atoms with van der Waals surface area (Å²) in [4.78, 5) is 9.15. The van der Waals surface area contributed by atoms with Crippen molar-refractivity contribution in [3.05, 3.63) is 47.0 Å². The number of aromatic nitrogens is 4. The molecule has 1 aliphatic rings. The zero-order valence-electron chi connectivity index (χ0n) is 14.0. The van der Waals surface area contributed by atoms with Crippen LogP contribution in [-0.4, -0.2) is 26.9 Å². The average molecular weight is 343 g/mol. The van der Waals surface area contributed by atoms with Gasteiger partial charge in [0.1, 0.15) is 22.6 Å². The second-order valence-corrected chi connectivity index (χ2v) is 7.38. The lowest BCUT2D eigenvalue weighted by atomic mass is 10.1. The highest BCUT2D eigenvalue weighted by Gasteiger charge is 2.48. The van der Waals surface area contributed by atoms with Crippen molar-refractivity contribution in [2.24, 2.45) is 5.41 Å². The Hall–Kier alpha value is -2.14. The zero-order valence-corrected chi connectivity index (χ0v) is 14.7. The van der Waals surface area contributed by atoms with E-state index in [1.54, 1.807) is 7.11 Å². The van der Waals surface area contributed by atoms with Gasteiger partial charge in [-0.15, -0.1) is 0 Å². The minimum absolute atomic E-state index is 0.274. The van der Waals surface area contributed by atoms with Crippen LogP contribution in [0.4, 0.5) is 0 Å². The van der Waals surface area contributed by atoms with Gasteiger partial charge in [-0.3, -0.25) is 4.68 Å². The normalized spacial score (nSPS) is 18.8. The number of halogens is 1. The molecule has 1 atom stereocenters. The standard InChI is InChI=1S/C18H19ClN4O/c1-18(2)8-13(18)17-20-14-10-23(22-15(14)16(19)21-17)9-11-4-6-12(24-3)7-5-11/h4-7,10,13H,8-9H2,1-3H3. The quantitative estimate of drug-likeness (QED) is 0.671. The molecule has 1 aliphatic carbocycles. The van der Waals surface area contributed by atoms with E-state index < -0.39 is 0 Å². The van der Waals surface area contributed by atoms with Crippen LogP contribution in [0.5, 0.6) is 5.75 Å². The number of benzene rings is 1. The van der Waals surface area contributed by atoms with Gasteiger partial charge in [-0.2, -0.15) is 5.10 Å². The molecule has 6 heteroatoms. The number of nitrogens with zero attached hydrogens (tertiary/aromatic N) is 4. The highest BCUT2D eigenvalue weighted by molar-refractivity contribution is 6.33. The summed E-state index contributed by atoms with van der Waals surface area (Å²) < 4.78 is 7.04. The Morgan fingerprint density at radius 1 is 1.25 bits per heavy atom. The van der Waals surface area contributed by atoms with Crippen molar-refractivity contribution in [2.75, 3.05) is 7.11 Å². The van der Waals surface area contributed by atoms with Crippen molar-refractivity contribution in [2.45, 2.75) is 32.7 Å². The van der Waals surface area contributed by atoms with E-state index in [9.17, 15) is 0 Å². The fourth-order valence-electron chi connectivity index (χ4n) is 3.00. The number of hydrogen-bond acceptors (Lipinski definition) is 4. The predicted octanol–water partition coefficient (Wildman–Crippen LogP) is 4.05. The lowest BCUT2D eigenvalue weighted by Gasteiger charge is -2.03. The van der Waals surface area contributed by atoms with Gasteiger partial charge in [0.2, 0.25) is 0 Å². The van der Waals surface area contributed by atoms with E-state index in [0.29, 0.717) is 23.1 Å². The van der Waals surface area contributed by atoms with E-state index in [2.05, 4.69) is 28.9 Å². The maximum atomic E-state index is 6.34. The molecule has 0 bridgehead atoms. The molecule has 1 aromatic carbocycles. The number of rotatable bonds is 4. The second-order valence-electron chi connectivity index (χ2n) is 7.03. The van der Waals surface area contributed by atoms with Crippen LogP contribution in [0.2, 0.25) is 5.15 Å². The molecule has 24 heavy (non-hydrogen) atoms. The number of fused-ring (bicyclic) bond motifs is 1. The number of hydrogen-bond donors (Lipinski definition) is 0. The second kappa shape index (κ2) is 5.45. The predicted molar refractivity (Wildman–Crippen MR) is 93.6 cm³/mol. The van der Waals surface area contributed by atoms with Gasteiger partial charge in [0.15, 0.2) is 5.15 Å². The average Bonchev–Trinajstić information content (AvgIpc) is 3.00. The molecular formula is C18H19ClN4O. The van der Waals surface area contributed by atoms with E-state index in [4.69, 9.17) is 16.3 Å². The van der Waals surface area contributed by atoms with Crippen molar-refractivity contribution in [3.63, 3.8) is 0 Å². The Labute approximate surface area is 145 Å². The fourth-order valence-corrected chi connectivity index (χ4v) is 3.23. The smallest absolute Gasteiger partial charge is 0.160 e. The van der Waals surface area contributed by atoms with E-state index in [-0.39, 0.29) is 5.41 Å². The molecule has 0 saturated heterocycles. The van der Waals surface area contributed by atoms with E-state index in [1.807, 2.05) is 35.1 Å². The summed E-state index contributed by atoms with van der Waals surface area (Å²) in [5, 5.41) is 4.97. The molecule has 2 heterocycles. The minimum Gasteiger partial charge on any atom is -0.497 e. The molecule has 0 aliphatic heterocycles. The van der Waals surface area contributed by atoms with Gasteiger partial charge in [0.05, 0.1) is 19.9 Å². The van der Waals surface area contributed by atoms with E-state index in [1.165, 1.54) is 0 Å². The first-order chi connectivity index (χ1) is 11.5. The third kappa shape index (κ3) is 2.73. The maximum Gasteiger partial charge on any atom is 0.160 e. The van der Waals surface area contributed by atoms with Crippen LogP contribution in [0.15, 0.2) is 30.5 Å². The van der Waals surface area contributed by atoms with Crippen LogP contribution >= 0.6 is 11.6 Å². The third-order valence-corrected chi connectivity index (χ3v) is 4.98. The summed E-state index contributed by atoms with van der Waals surface area (Å²) in [5.41, 5.74) is 2.88. The van der Waals surface area contributed by atoms with Gasteiger partial charge in [-0.05, 0) is 29.5 Å². The molecule has 3 aromatic rings. The van der Waals surface area contributed by atoms with Crippen LogP contribution in [-0.2, 0) is 6.54 Å². The topological polar surface area (TPSA) is 52.8 Å². The first-order valence-electron chi connectivity index (χ1n) is 8.00. The Morgan fingerprint density at radius 2 is 1.96 bits per heavy atom. The van der Waals surface area contributed by atoms with Gasteiger partial charge in [-0.1, -0.05) is 37.6 Å². The monoisotopic (exact) mass is 342 g/mol. The molecule has 5 nitrogen and oxygen atoms in total. The van der Waals surface area contributed by atoms with Gasteiger partial charge in [-0.25, -0.2) is 9.97 Å². The summed E-state index contributed by atoms with van der Waals surface area (Å²) in [6.45, 7) is 5.11. The van der Waals surface area contributed by atoms with Crippen LogP contribution in [0.1, 0.15) is 37.6 Å². The summed E-state index contributed by atoms with van der Waals surface area (Å²) in [6, 6.07) is 7.93. The largest absolute Gasteiger partial charge is 0.497 e. The maximum absolute atomic E-state index is 6.34. The lowest BCUT2D eigenvalue weighted by molar-refractivity contribution is 0.414. The SMILES string of the molecule is COc1ccc(Cn2cc3nc(C4CC4(C)C)nc(Cl)c3n2)cc1. The summed E-state index contributed by atoms with van der Waals surface area (Å²) in [6.07, 6.45) is 3.04. The van der Waals surface area contributed by atoms with Crippen molar-refractivity contribution in [3.8, 4) is 5.75 Å². The first-order valence-corrected chi connectivity index (χ1v) is 8.37. The molecule has 2 aromatic heterocycles. The number of ether oxygens (including phenoxy) is 1. The summed E-state index contributed by atoms with van der Waals surface area (Å²) in [5.74, 6) is 2.07. The van der Waals surface area contributed by atoms with E-state index >= 15 is 0 Å². The molecule has 1 fully saturated rings. The lowest BCUT2D eigenvalue weighted by Crippen LogP contribution is -2.00. The van der Waals surface area contributed by atoms with Crippen LogP contribution in [0, 0.1) is 5.41 Å². The van der Waals surface area contributed by atoms with Gasteiger partial charge < -0.3 is 4.74 Å². The molecular weight excluding hydrogens is 324 g/mol. The highest BCUT2D eigenvalue weighted by Crippen LogP contribution is 2.57. The fraction of sp³-hybridized carbons (Fsp3) is 0.389. The van der Waals surface area contributed by atoms with Crippen LogP contribution < -0.4 is 4.74 Å². The first kappa shape index (κ1) is 15.4. The summed E-state index contributed by atoms with van der Waals surface area (Å²) in [7, 11) is 1.66. The molecule has 124 valence electrons. The minimum atomic E-state index is 0.274. The van der Waals surface area contributed by atoms with Crippen LogP contribution in [0.3, 0.4) is 0 Å².